The first-order valence-electron chi connectivity index (χ1n) is 17.7. The van der Waals surface area contributed by atoms with Crippen LogP contribution in [-0.4, -0.2) is 120 Å². The highest BCUT2D eigenvalue weighted by atomic mass is 32.2. The van der Waals surface area contributed by atoms with Gasteiger partial charge in [0.2, 0.25) is 31.9 Å². The Morgan fingerprint density at radius 2 is 0.981 bits per heavy atom. The summed E-state index contributed by atoms with van der Waals surface area (Å²) in [6.07, 6.45) is 1.36. The number of rotatable bonds is 27. The van der Waals surface area contributed by atoms with Gasteiger partial charge in [0.05, 0.1) is 62.6 Å². The molecule has 0 aromatic heterocycles. The van der Waals surface area contributed by atoms with Crippen LogP contribution in [0.1, 0.15) is 51.7 Å². The van der Waals surface area contributed by atoms with Gasteiger partial charge in [-0.1, -0.05) is 35.4 Å². The maximum absolute atomic E-state index is 12.2. The Hall–Kier alpha value is -3.00. The van der Waals surface area contributed by atoms with E-state index < -0.39 is 20.0 Å². The number of sulfonamides is 2. The number of carbonyl (C=O) groups excluding carboxylic acids is 2. The molecule has 0 bridgehead atoms. The molecule has 0 aliphatic carbocycles. The molecule has 0 spiro atoms. The largest absolute Gasteiger partial charge is 0.379 e. The average Bonchev–Trinajstić information content (AvgIpc) is 3.08. The average molecular weight is 789 g/mol. The molecule has 4 N–H and O–H groups in total. The monoisotopic (exact) mass is 788 g/mol. The van der Waals surface area contributed by atoms with Crippen LogP contribution in [0.4, 0.5) is 0 Å². The summed E-state index contributed by atoms with van der Waals surface area (Å²) < 4.78 is 80.7. The molecule has 0 aliphatic heterocycles. The molecule has 2 atom stereocenters. The van der Waals surface area contributed by atoms with Crippen LogP contribution in [0, 0.1) is 13.8 Å². The van der Waals surface area contributed by atoms with Gasteiger partial charge in [0.15, 0.2) is 0 Å². The molecule has 0 heterocycles. The van der Waals surface area contributed by atoms with Crippen LogP contribution in [-0.2, 0) is 53.3 Å². The van der Waals surface area contributed by atoms with Gasteiger partial charge in [-0.15, -0.1) is 0 Å². The third-order valence-corrected chi connectivity index (χ3v) is 10.00. The maximum Gasteiger partial charge on any atom is 0.240 e. The summed E-state index contributed by atoms with van der Waals surface area (Å²) in [7, 11) is -7.01. The van der Waals surface area contributed by atoms with E-state index in [1.165, 1.54) is 13.8 Å². The van der Waals surface area contributed by atoms with Crippen LogP contribution in [0.5, 0.6) is 0 Å². The standard InChI is InChI=1S/C19H32N2O6S.C17H28N2O5S/c1-17-5-7-19(8-6-17)28(23,24)21-10-4-12-26-14-16-27-15-13-25-11-3-9-20-18(2)22;1-13-5-7-17(8-6-13)25(21,22)19-15(3)12-24-10-9-23-11-14(2)18-16(4)20/h5-8,21H,3-4,9-16H2,1-2H3,(H,20,22);5-8,14-15,19H,9-12H2,1-4H3,(H,18,20). The zero-order chi connectivity index (χ0) is 39.5. The molecule has 0 fully saturated rings. The predicted molar refractivity (Wildman–Crippen MR) is 203 cm³/mol. The molecule has 2 rings (SSSR count). The number of hydrogen-bond donors (Lipinski definition) is 4. The molecule has 0 radical (unpaired) electrons. The summed E-state index contributed by atoms with van der Waals surface area (Å²) in [5.41, 5.74) is 2.02. The lowest BCUT2D eigenvalue weighted by atomic mass is 10.2. The van der Waals surface area contributed by atoms with Crippen molar-refractivity contribution < 1.29 is 50.1 Å². The zero-order valence-corrected chi connectivity index (χ0v) is 33.6. The number of hydrogen-bond acceptors (Lipinski definition) is 11. The Kier molecular flexibility index (Phi) is 25.0. The Morgan fingerprint density at radius 3 is 1.45 bits per heavy atom. The summed E-state index contributed by atoms with van der Waals surface area (Å²) >= 11 is 0. The first kappa shape index (κ1) is 48.0. The van der Waals surface area contributed by atoms with E-state index in [1.54, 1.807) is 55.5 Å². The van der Waals surface area contributed by atoms with E-state index >= 15 is 0 Å². The lowest BCUT2D eigenvalue weighted by Gasteiger charge is -2.15. The van der Waals surface area contributed by atoms with Crippen molar-refractivity contribution in [1.82, 2.24) is 20.1 Å². The van der Waals surface area contributed by atoms with E-state index in [4.69, 9.17) is 23.7 Å². The second-order valence-electron chi connectivity index (χ2n) is 12.3. The zero-order valence-electron chi connectivity index (χ0n) is 32.0. The minimum absolute atomic E-state index is 0.0352. The predicted octanol–water partition coefficient (Wildman–Crippen LogP) is 2.46. The highest BCUT2D eigenvalue weighted by molar-refractivity contribution is 7.89. The van der Waals surface area contributed by atoms with E-state index in [-0.39, 0.29) is 40.3 Å². The van der Waals surface area contributed by atoms with Crippen molar-refractivity contribution >= 4 is 31.9 Å². The normalized spacial score (nSPS) is 12.7. The van der Waals surface area contributed by atoms with Crippen molar-refractivity contribution in [2.24, 2.45) is 0 Å². The topological polar surface area (TPSA) is 197 Å². The van der Waals surface area contributed by atoms with Gasteiger partial charge in [-0.25, -0.2) is 26.3 Å². The Labute approximate surface area is 316 Å². The smallest absolute Gasteiger partial charge is 0.240 e. The first-order valence-corrected chi connectivity index (χ1v) is 20.6. The first-order chi connectivity index (χ1) is 25.1. The van der Waals surface area contributed by atoms with E-state index in [0.29, 0.717) is 79.0 Å². The number of benzene rings is 2. The summed E-state index contributed by atoms with van der Waals surface area (Å²) in [4.78, 5) is 22.0. The van der Waals surface area contributed by atoms with Crippen LogP contribution in [0.3, 0.4) is 0 Å². The van der Waals surface area contributed by atoms with Gasteiger partial charge < -0.3 is 34.3 Å². The molecule has 15 nitrogen and oxygen atoms in total. The minimum atomic E-state index is -3.55. The molecule has 2 amide bonds. The lowest BCUT2D eigenvalue weighted by Crippen LogP contribution is -2.36. The van der Waals surface area contributed by atoms with Crippen LogP contribution in [0.15, 0.2) is 58.3 Å². The quantitative estimate of drug-likeness (QED) is 0.0972. The van der Waals surface area contributed by atoms with Crippen molar-refractivity contribution in [1.29, 1.82) is 0 Å². The summed E-state index contributed by atoms with van der Waals surface area (Å²) in [5.74, 6) is -0.131. The van der Waals surface area contributed by atoms with Gasteiger partial charge in [0.1, 0.15) is 0 Å². The molecule has 2 aromatic carbocycles. The van der Waals surface area contributed by atoms with Gasteiger partial charge in [-0.05, 0) is 64.8 Å². The summed E-state index contributed by atoms with van der Waals surface area (Å²) in [6.45, 7) is 15.6. The van der Waals surface area contributed by atoms with E-state index in [9.17, 15) is 26.4 Å². The second-order valence-corrected chi connectivity index (χ2v) is 15.8. The minimum Gasteiger partial charge on any atom is -0.379 e. The Balaban J connectivity index is 0.000000533. The third-order valence-electron chi connectivity index (χ3n) is 6.92. The second kappa shape index (κ2) is 27.6. The fourth-order valence-corrected chi connectivity index (χ4v) is 6.58. The molecule has 302 valence electrons. The number of aryl methyl sites for hydroxylation is 2. The van der Waals surface area contributed by atoms with E-state index in [2.05, 4.69) is 20.1 Å². The van der Waals surface area contributed by atoms with Gasteiger partial charge in [-0.2, -0.15) is 0 Å². The van der Waals surface area contributed by atoms with Crippen molar-refractivity contribution in [3.8, 4) is 0 Å². The van der Waals surface area contributed by atoms with Gasteiger partial charge in [-0.3, -0.25) is 9.59 Å². The van der Waals surface area contributed by atoms with Crippen molar-refractivity contribution in [2.45, 2.75) is 76.3 Å². The highest BCUT2D eigenvalue weighted by Crippen LogP contribution is 2.11. The molecule has 0 saturated carbocycles. The van der Waals surface area contributed by atoms with Crippen LogP contribution >= 0.6 is 0 Å². The molecule has 0 saturated heterocycles. The molecule has 2 unspecified atom stereocenters. The molecule has 17 heteroatoms. The fourth-order valence-electron chi connectivity index (χ4n) is 4.27. The van der Waals surface area contributed by atoms with Gasteiger partial charge in [0, 0.05) is 52.2 Å². The number of nitrogens with one attached hydrogen (secondary N) is 4. The van der Waals surface area contributed by atoms with Crippen molar-refractivity contribution in [3.05, 3.63) is 59.7 Å². The van der Waals surface area contributed by atoms with Crippen LogP contribution < -0.4 is 20.1 Å². The number of ether oxygens (including phenoxy) is 5. The Bertz CT molecular complexity index is 1510. The number of carbonyl (C=O) groups is 2. The summed E-state index contributed by atoms with van der Waals surface area (Å²) in [5, 5.41) is 5.41. The van der Waals surface area contributed by atoms with Gasteiger partial charge >= 0.3 is 0 Å². The van der Waals surface area contributed by atoms with Crippen LogP contribution in [0.2, 0.25) is 0 Å². The Morgan fingerprint density at radius 1 is 0.566 bits per heavy atom. The summed E-state index contributed by atoms with van der Waals surface area (Å²) in [6, 6.07) is 13.0. The third kappa shape index (κ3) is 24.8. The molecule has 2 aromatic rings. The van der Waals surface area contributed by atoms with Gasteiger partial charge in [0.25, 0.3) is 0 Å². The molecular weight excluding hydrogens is 729 g/mol. The van der Waals surface area contributed by atoms with Crippen LogP contribution in [0.25, 0.3) is 0 Å². The fraction of sp³-hybridized carbons (Fsp3) is 0.611. The maximum atomic E-state index is 12.2. The SMILES string of the molecule is CC(=O)NC(C)COCCOCC(C)NS(=O)(=O)c1ccc(C)cc1.CC(=O)NCCCOCCOCCOCCCNS(=O)(=O)c1ccc(C)cc1. The molecular formula is C36H60N4O11S2. The highest BCUT2D eigenvalue weighted by Gasteiger charge is 2.17. The van der Waals surface area contributed by atoms with Crippen molar-refractivity contribution in [3.63, 3.8) is 0 Å². The molecule has 53 heavy (non-hydrogen) atoms. The van der Waals surface area contributed by atoms with Crippen molar-refractivity contribution in [2.75, 3.05) is 79.2 Å². The molecule has 0 aliphatic rings. The number of amides is 2. The van der Waals surface area contributed by atoms with E-state index in [0.717, 1.165) is 17.5 Å². The van der Waals surface area contributed by atoms with E-state index in [1.807, 2.05) is 20.8 Å². The lowest BCUT2D eigenvalue weighted by molar-refractivity contribution is -0.120.